The normalized spacial score (nSPS) is 24.0. The zero-order valence-corrected chi connectivity index (χ0v) is 16.9. The van der Waals surface area contributed by atoms with Crippen molar-refractivity contribution in [1.82, 2.24) is 15.5 Å². The summed E-state index contributed by atoms with van der Waals surface area (Å²) in [6.07, 6.45) is -1.97. The SMILES string of the molecule is O=C(O)CC12CC(NC(=O)c3n[nH]c4cccc(Cc5ccc(C(F)(F)F)cc5)c34)(C1)C2. The van der Waals surface area contributed by atoms with E-state index >= 15 is 0 Å². The molecule has 1 aromatic heterocycles. The lowest BCUT2D eigenvalue weighted by Crippen LogP contribution is -2.75. The molecule has 3 aliphatic carbocycles. The first-order valence-electron chi connectivity index (χ1n) is 10.2. The summed E-state index contributed by atoms with van der Waals surface area (Å²) in [4.78, 5) is 24.0. The van der Waals surface area contributed by atoms with Gasteiger partial charge in [0.1, 0.15) is 0 Å². The molecule has 166 valence electrons. The van der Waals surface area contributed by atoms with Crippen molar-refractivity contribution in [3.8, 4) is 0 Å². The van der Waals surface area contributed by atoms with Crippen molar-refractivity contribution in [3.05, 3.63) is 64.8 Å². The van der Waals surface area contributed by atoms with Crippen molar-refractivity contribution in [2.45, 2.75) is 43.8 Å². The Labute approximate surface area is 180 Å². The average molecular weight is 443 g/mol. The lowest BCUT2D eigenvalue weighted by molar-refractivity contribution is -0.172. The molecule has 6 nitrogen and oxygen atoms in total. The molecule has 9 heteroatoms. The molecule has 1 heterocycles. The van der Waals surface area contributed by atoms with Crippen LogP contribution in [0.2, 0.25) is 0 Å². The number of carbonyl (C=O) groups is 2. The monoisotopic (exact) mass is 443 g/mol. The van der Waals surface area contributed by atoms with Gasteiger partial charge in [-0.05, 0) is 60.4 Å². The van der Waals surface area contributed by atoms with E-state index in [2.05, 4.69) is 15.5 Å². The van der Waals surface area contributed by atoms with Gasteiger partial charge < -0.3 is 10.4 Å². The second-order valence-electron chi connectivity index (χ2n) is 9.12. The number of halogens is 3. The molecule has 2 aromatic carbocycles. The third-order valence-corrected chi connectivity index (χ3v) is 6.61. The molecule has 3 aliphatic rings. The molecule has 0 saturated heterocycles. The number of H-pyrrole nitrogens is 1. The number of nitrogens with zero attached hydrogens (tertiary/aromatic N) is 1. The van der Waals surface area contributed by atoms with Crippen LogP contribution >= 0.6 is 0 Å². The fourth-order valence-corrected chi connectivity index (χ4v) is 5.43. The Hall–Kier alpha value is -3.36. The van der Waals surface area contributed by atoms with Gasteiger partial charge >= 0.3 is 12.1 Å². The number of aromatic amines is 1. The highest BCUT2D eigenvalue weighted by Gasteiger charge is 2.68. The van der Waals surface area contributed by atoms with Crippen molar-refractivity contribution >= 4 is 22.8 Å². The van der Waals surface area contributed by atoms with Crippen LogP contribution in [-0.4, -0.2) is 32.7 Å². The number of hydrogen-bond donors (Lipinski definition) is 3. The fraction of sp³-hybridized carbons (Fsp3) is 0.348. The molecule has 6 rings (SSSR count). The zero-order valence-electron chi connectivity index (χ0n) is 16.9. The van der Waals surface area contributed by atoms with Gasteiger partial charge in [0.25, 0.3) is 5.91 Å². The van der Waals surface area contributed by atoms with Gasteiger partial charge in [-0.2, -0.15) is 18.3 Å². The Morgan fingerprint density at radius 1 is 1.09 bits per heavy atom. The van der Waals surface area contributed by atoms with Gasteiger partial charge in [-0.15, -0.1) is 0 Å². The Morgan fingerprint density at radius 2 is 1.78 bits per heavy atom. The van der Waals surface area contributed by atoms with E-state index in [0.29, 0.717) is 42.1 Å². The van der Waals surface area contributed by atoms with Crippen molar-refractivity contribution in [3.63, 3.8) is 0 Å². The number of amides is 1. The quantitative estimate of drug-likeness (QED) is 0.529. The number of benzene rings is 2. The van der Waals surface area contributed by atoms with Crippen molar-refractivity contribution in [2.75, 3.05) is 0 Å². The second kappa shape index (κ2) is 6.82. The minimum absolute atomic E-state index is 0.118. The zero-order chi connectivity index (χ0) is 22.7. The van der Waals surface area contributed by atoms with Gasteiger partial charge in [-0.1, -0.05) is 24.3 Å². The number of alkyl halides is 3. The second-order valence-corrected chi connectivity index (χ2v) is 9.12. The van der Waals surface area contributed by atoms with Gasteiger partial charge in [-0.25, -0.2) is 0 Å². The summed E-state index contributed by atoms with van der Waals surface area (Å²) in [5, 5.41) is 19.7. The third kappa shape index (κ3) is 3.41. The smallest absolute Gasteiger partial charge is 0.416 e. The number of carboxylic acids is 1. The molecule has 3 N–H and O–H groups in total. The van der Waals surface area contributed by atoms with Crippen LogP contribution in [0.4, 0.5) is 13.2 Å². The molecule has 1 amide bonds. The molecule has 0 unspecified atom stereocenters. The van der Waals surface area contributed by atoms with E-state index < -0.39 is 17.7 Å². The first-order chi connectivity index (χ1) is 15.1. The van der Waals surface area contributed by atoms with Crippen molar-refractivity contribution < 1.29 is 27.9 Å². The van der Waals surface area contributed by atoms with Gasteiger partial charge in [-0.3, -0.25) is 14.7 Å². The standard InChI is InChI=1S/C23H20F3N3O3/c24-23(25,26)15-6-4-13(5-7-15)8-14-2-1-3-16-18(14)19(29-28-16)20(32)27-22-10-21(11-22,12-22)9-17(30)31/h1-7H,8-12H2,(H,27,32)(H,28,29)(H,30,31). The highest BCUT2D eigenvalue weighted by Crippen LogP contribution is 2.69. The number of aliphatic carboxylic acids is 1. The van der Waals surface area contributed by atoms with Gasteiger partial charge in [0.05, 0.1) is 17.5 Å². The summed E-state index contributed by atoms with van der Waals surface area (Å²) >= 11 is 0. The summed E-state index contributed by atoms with van der Waals surface area (Å²) in [6, 6.07) is 10.4. The van der Waals surface area contributed by atoms with Crippen LogP contribution in [-0.2, 0) is 17.4 Å². The lowest BCUT2D eigenvalue weighted by Gasteiger charge is -2.70. The fourth-order valence-electron chi connectivity index (χ4n) is 5.43. The van der Waals surface area contributed by atoms with Crippen LogP contribution in [0.15, 0.2) is 42.5 Å². The number of carbonyl (C=O) groups excluding carboxylic acids is 1. The maximum Gasteiger partial charge on any atom is 0.416 e. The molecule has 32 heavy (non-hydrogen) atoms. The van der Waals surface area contributed by atoms with E-state index in [1.165, 1.54) is 12.1 Å². The average Bonchev–Trinajstić information content (AvgIpc) is 3.10. The molecule has 0 aliphatic heterocycles. The Kier molecular flexibility index (Phi) is 4.38. The van der Waals surface area contributed by atoms with E-state index in [9.17, 15) is 22.8 Å². The summed E-state index contributed by atoms with van der Waals surface area (Å²) in [5.74, 6) is -1.16. The van der Waals surface area contributed by atoms with Crippen LogP contribution in [0.3, 0.4) is 0 Å². The van der Waals surface area contributed by atoms with Crippen LogP contribution in [0.25, 0.3) is 10.9 Å². The Morgan fingerprint density at radius 3 is 2.41 bits per heavy atom. The number of rotatable bonds is 6. The number of nitrogens with one attached hydrogen (secondary N) is 2. The number of carboxylic acid groups (broad SMARTS) is 1. The minimum Gasteiger partial charge on any atom is -0.481 e. The van der Waals surface area contributed by atoms with Crippen LogP contribution in [0.1, 0.15) is 52.9 Å². The van der Waals surface area contributed by atoms with Crippen LogP contribution in [0.5, 0.6) is 0 Å². The van der Waals surface area contributed by atoms with Gasteiger partial charge in [0.15, 0.2) is 5.69 Å². The molecule has 0 spiro atoms. The molecule has 3 saturated carbocycles. The van der Waals surface area contributed by atoms with E-state index in [4.69, 9.17) is 5.11 Å². The van der Waals surface area contributed by atoms with Gasteiger partial charge in [0, 0.05) is 10.9 Å². The van der Waals surface area contributed by atoms with Crippen LogP contribution < -0.4 is 5.32 Å². The summed E-state index contributed by atoms with van der Waals surface area (Å²) < 4.78 is 38.5. The highest BCUT2D eigenvalue weighted by atomic mass is 19.4. The van der Waals surface area contributed by atoms with E-state index in [1.54, 1.807) is 12.1 Å². The Bertz CT molecular complexity index is 1210. The van der Waals surface area contributed by atoms with Crippen molar-refractivity contribution in [2.24, 2.45) is 5.41 Å². The Balaban J connectivity index is 1.36. The topological polar surface area (TPSA) is 95.1 Å². The molecule has 3 aromatic rings. The maximum atomic E-state index is 13.0. The minimum atomic E-state index is -4.39. The molecular formula is C23H20F3N3O3. The predicted octanol–water partition coefficient (Wildman–Crippen LogP) is 4.30. The van der Waals surface area contributed by atoms with Crippen molar-refractivity contribution in [1.29, 1.82) is 0 Å². The molecule has 0 atom stereocenters. The van der Waals surface area contributed by atoms with E-state index in [-0.39, 0.29) is 29.0 Å². The predicted molar refractivity (Wildman–Crippen MR) is 109 cm³/mol. The van der Waals surface area contributed by atoms with Crippen LogP contribution in [0, 0.1) is 5.41 Å². The summed E-state index contributed by atoms with van der Waals surface area (Å²) in [6.45, 7) is 0. The number of fused-ring (bicyclic) bond motifs is 1. The molecule has 0 radical (unpaired) electrons. The maximum absolute atomic E-state index is 13.0. The van der Waals surface area contributed by atoms with E-state index in [0.717, 1.165) is 17.7 Å². The first-order valence-corrected chi connectivity index (χ1v) is 10.2. The highest BCUT2D eigenvalue weighted by molar-refractivity contribution is 6.06. The third-order valence-electron chi connectivity index (χ3n) is 6.61. The molecular weight excluding hydrogens is 423 g/mol. The molecule has 3 fully saturated rings. The molecule has 2 bridgehead atoms. The lowest BCUT2D eigenvalue weighted by atomic mass is 9.38. The number of hydrogen-bond acceptors (Lipinski definition) is 3. The summed E-state index contributed by atoms with van der Waals surface area (Å²) in [5.41, 5.74) is 1.11. The number of aromatic nitrogens is 2. The first kappa shape index (κ1) is 20.5. The van der Waals surface area contributed by atoms with E-state index in [1.807, 2.05) is 6.07 Å². The van der Waals surface area contributed by atoms with Gasteiger partial charge in [0.2, 0.25) is 0 Å². The largest absolute Gasteiger partial charge is 0.481 e. The summed E-state index contributed by atoms with van der Waals surface area (Å²) in [7, 11) is 0.